The summed E-state index contributed by atoms with van der Waals surface area (Å²) in [5, 5.41) is 3.75. The molecule has 1 aromatic carbocycles. The number of carbonyl (C=O) groups is 1. The third kappa shape index (κ3) is 4.45. The summed E-state index contributed by atoms with van der Waals surface area (Å²) in [6.07, 6.45) is 1.45. The van der Waals surface area contributed by atoms with Crippen LogP contribution < -0.4 is 5.32 Å². The van der Waals surface area contributed by atoms with Crippen molar-refractivity contribution in [3.05, 3.63) is 34.9 Å². The van der Waals surface area contributed by atoms with Crippen LogP contribution in [0.2, 0.25) is 5.02 Å². The van der Waals surface area contributed by atoms with Crippen LogP contribution in [-0.2, 0) is 11.2 Å². The summed E-state index contributed by atoms with van der Waals surface area (Å²) in [6, 6.07) is 7.46. The van der Waals surface area contributed by atoms with E-state index >= 15 is 0 Å². The Balaban J connectivity index is 2.41. The fourth-order valence-electron chi connectivity index (χ4n) is 1.32. The molecule has 0 saturated carbocycles. The molecule has 1 N–H and O–H groups in total. The van der Waals surface area contributed by atoms with Gasteiger partial charge < -0.3 is 5.32 Å². The van der Waals surface area contributed by atoms with Crippen molar-refractivity contribution in [1.82, 2.24) is 5.32 Å². The van der Waals surface area contributed by atoms with Gasteiger partial charge in [-0.1, -0.05) is 36.7 Å². The Morgan fingerprint density at radius 1 is 1.40 bits per heavy atom. The van der Waals surface area contributed by atoms with Gasteiger partial charge in [-0.25, -0.2) is 0 Å². The van der Waals surface area contributed by atoms with E-state index in [1.807, 2.05) is 24.3 Å². The molecule has 1 rings (SSSR count). The highest BCUT2D eigenvalue weighted by Gasteiger charge is 2.05. The highest BCUT2D eigenvalue weighted by atomic mass is 35.5. The van der Waals surface area contributed by atoms with Gasteiger partial charge in [0.15, 0.2) is 5.78 Å². The van der Waals surface area contributed by atoms with E-state index in [-0.39, 0.29) is 5.78 Å². The molecular formula is C12H16ClNO. The molecule has 0 heterocycles. The first kappa shape index (κ1) is 12.2. The maximum atomic E-state index is 11.5. The topological polar surface area (TPSA) is 29.1 Å². The number of rotatable bonds is 6. The molecule has 0 saturated heterocycles. The lowest BCUT2D eigenvalue weighted by molar-refractivity contribution is -0.117. The molecule has 0 atom stereocenters. The molecule has 15 heavy (non-hydrogen) atoms. The van der Waals surface area contributed by atoms with E-state index < -0.39 is 0 Å². The second-order valence-electron chi connectivity index (χ2n) is 3.48. The van der Waals surface area contributed by atoms with Crippen molar-refractivity contribution in [2.24, 2.45) is 0 Å². The molecule has 1 aromatic rings. The minimum atomic E-state index is 0.177. The van der Waals surface area contributed by atoms with Crippen molar-refractivity contribution in [3.8, 4) is 0 Å². The maximum absolute atomic E-state index is 11.5. The normalized spacial score (nSPS) is 10.3. The van der Waals surface area contributed by atoms with Crippen molar-refractivity contribution in [2.45, 2.75) is 19.8 Å². The smallest absolute Gasteiger partial charge is 0.151 e. The lowest BCUT2D eigenvalue weighted by atomic mass is 10.1. The third-order valence-electron chi connectivity index (χ3n) is 2.09. The molecule has 0 radical (unpaired) electrons. The Morgan fingerprint density at radius 3 is 2.80 bits per heavy atom. The van der Waals surface area contributed by atoms with E-state index in [4.69, 9.17) is 11.6 Å². The molecule has 2 nitrogen and oxygen atoms in total. The summed E-state index contributed by atoms with van der Waals surface area (Å²) in [5.41, 5.74) is 0.905. The summed E-state index contributed by atoms with van der Waals surface area (Å²) >= 11 is 5.96. The molecule has 0 unspecified atom stereocenters. The van der Waals surface area contributed by atoms with Crippen LogP contribution >= 0.6 is 11.6 Å². The van der Waals surface area contributed by atoms with E-state index in [2.05, 4.69) is 12.2 Å². The quantitative estimate of drug-likeness (QED) is 0.754. The molecule has 0 aliphatic heterocycles. The zero-order valence-corrected chi connectivity index (χ0v) is 9.68. The Morgan fingerprint density at radius 2 is 2.13 bits per heavy atom. The number of hydrogen-bond acceptors (Lipinski definition) is 2. The van der Waals surface area contributed by atoms with Crippen molar-refractivity contribution in [1.29, 1.82) is 0 Å². The molecule has 0 aliphatic rings. The average Bonchev–Trinajstić information content (AvgIpc) is 2.22. The molecule has 0 fully saturated rings. The Bertz CT molecular complexity index is 325. The highest BCUT2D eigenvalue weighted by molar-refractivity contribution is 6.31. The van der Waals surface area contributed by atoms with Gasteiger partial charge in [-0.15, -0.1) is 0 Å². The monoisotopic (exact) mass is 225 g/mol. The number of halogens is 1. The second kappa shape index (κ2) is 6.59. The predicted octanol–water partition coefficient (Wildman–Crippen LogP) is 2.45. The second-order valence-corrected chi connectivity index (χ2v) is 3.89. The summed E-state index contributed by atoms with van der Waals surface area (Å²) in [6.45, 7) is 3.39. The molecule has 82 valence electrons. The first-order valence-electron chi connectivity index (χ1n) is 5.20. The predicted molar refractivity (Wildman–Crippen MR) is 63.3 cm³/mol. The van der Waals surface area contributed by atoms with Crippen LogP contribution in [0, 0.1) is 0 Å². The van der Waals surface area contributed by atoms with Gasteiger partial charge in [-0.2, -0.15) is 0 Å². The van der Waals surface area contributed by atoms with Gasteiger partial charge in [-0.05, 0) is 24.6 Å². The standard InChI is InChI=1S/C12H16ClNO/c1-2-7-14-9-11(15)8-10-5-3-4-6-12(10)13/h3-6,14H,2,7-9H2,1H3. The Hall–Kier alpha value is -0.860. The summed E-state index contributed by atoms with van der Waals surface area (Å²) in [5.74, 6) is 0.177. The van der Waals surface area contributed by atoms with Crippen LogP contribution in [0.3, 0.4) is 0 Å². The Kier molecular flexibility index (Phi) is 5.37. The largest absolute Gasteiger partial charge is 0.310 e. The Labute approximate surface area is 95.6 Å². The maximum Gasteiger partial charge on any atom is 0.151 e. The third-order valence-corrected chi connectivity index (χ3v) is 2.46. The molecule has 0 aliphatic carbocycles. The van der Waals surface area contributed by atoms with Gasteiger partial charge in [0.2, 0.25) is 0 Å². The van der Waals surface area contributed by atoms with Crippen molar-refractivity contribution in [3.63, 3.8) is 0 Å². The lowest BCUT2D eigenvalue weighted by Gasteiger charge is -2.04. The number of Topliss-reactive ketones (excluding diaryl/α,β-unsaturated/α-hetero) is 1. The van der Waals surface area contributed by atoms with Gasteiger partial charge in [0.05, 0.1) is 6.54 Å². The van der Waals surface area contributed by atoms with E-state index in [0.29, 0.717) is 18.0 Å². The SMILES string of the molecule is CCCNCC(=O)Cc1ccccc1Cl. The van der Waals surface area contributed by atoms with E-state index in [1.54, 1.807) is 0 Å². The van der Waals surface area contributed by atoms with Crippen molar-refractivity contribution < 1.29 is 4.79 Å². The fraction of sp³-hybridized carbons (Fsp3) is 0.417. The number of carbonyl (C=O) groups excluding carboxylic acids is 1. The van der Waals surface area contributed by atoms with Crippen molar-refractivity contribution in [2.75, 3.05) is 13.1 Å². The zero-order valence-electron chi connectivity index (χ0n) is 8.92. The van der Waals surface area contributed by atoms with Gasteiger partial charge in [-0.3, -0.25) is 4.79 Å². The average molecular weight is 226 g/mol. The summed E-state index contributed by atoms with van der Waals surface area (Å²) in [4.78, 5) is 11.5. The van der Waals surface area contributed by atoms with Gasteiger partial charge in [0, 0.05) is 11.4 Å². The van der Waals surface area contributed by atoms with Crippen LogP contribution in [-0.4, -0.2) is 18.9 Å². The highest BCUT2D eigenvalue weighted by Crippen LogP contribution is 2.15. The lowest BCUT2D eigenvalue weighted by Crippen LogP contribution is -2.24. The number of hydrogen-bond donors (Lipinski definition) is 1. The van der Waals surface area contributed by atoms with Gasteiger partial charge >= 0.3 is 0 Å². The minimum Gasteiger partial charge on any atom is -0.310 e. The molecule has 0 spiro atoms. The number of ketones is 1. The van der Waals surface area contributed by atoms with Gasteiger partial charge in [0.1, 0.15) is 0 Å². The first-order valence-corrected chi connectivity index (χ1v) is 5.57. The number of nitrogens with one attached hydrogen (secondary N) is 1. The molecule has 3 heteroatoms. The molecule has 0 amide bonds. The van der Waals surface area contributed by atoms with Crippen LogP contribution in [0.4, 0.5) is 0 Å². The van der Waals surface area contributed by atoms with Gasteiger partial charge in [0.25, 0.3) is 0 Å². The summed E-state index contributed by atoms with van der Waals surface area (Å²) in [7, 11) is 0. The van der Waals surface area contributed by atoms with Crippen molar-refractivity contribution >= 4 is 17.4 Å². The minimum absolute atomic E-state index is 0.177. The fourth-order valence-corrected chi connectivity index (χ4v) is 1.52. The van der Waals surface area contributed by atoms with Crippen LogP contribution in [0.5, 0.6) is 0 Å². The van der Waals surface area contributed by atoms with E-state index in [1.165, 1.54) is 0 Å². The van der Waals surface area contributed by atoms with Crippen LogP contribution in [0.1, 0.15) is 18.9 Å². The van der Waals surface area contributed by atoms with E-state index in [0.717, 1.165) is 18.5 Å². The number of benzene rings is 1. The zero-order chi connectivity index (χ0) is 11.1. The molecule has 0 aromatic heterocycles. The summed E-state index contributed by atoms with van der Waals surface area (Å²) < 4.78 is 0. The van der Waals surface area contributed by atoms with Crippen LogP contribution in [0.15, 0.2) is 24.3 Å². The first-order chi connectivity index (χ1) is 7.24. The van der Waals surface area contributed by atoms with E-state index in [9.17, 15) is 4.79 Å². The molecular weight excluding hydrogens is 210 g/mol. The van der Waals surface area contributed by atoms with Crippen LogP contribution in [0.25, 0.3) is 0 Å². The molecule has 0 bridgehead atoms.